The van der Waals surface area contributed by atoms with Crippen LogP contribution in [-0.4, -0.2) is 0 Å². The highest BCUT2D eigenvalue weighted by Crippen LogP contribution is 2.49. The van der Waals surface area contributed by atoms with Gasteiger partial charge in [0.15, 0.2) is 0 Å². The third-order valence-corrected chi connectivity index (χ3v) is 7.27. The summed E-state index contributed by atoms with van der Waals surface area (Å²) in [6.07, 6.45) is 9.07. The van der Waals surface area contributed by atoms with Crippen LogP contribution in [0.3, 0.4) is 0 Å². The number of benzene rings is 4. The average molecular weight is 443 g/mol. The van der Waals surface area contributed by atoms with E-state index in [4.69, 9.17) is 0 Å². The second-order valence-corrected chi connectivity index (χ2v) is 9.85. The van der Waals surface area contributed by atoms with Crippen LogP contribution in [0.1, 0.15) is 47.6 Å². The van der Waals surface area contributed by atoms with Crippen molar-refractivity contribution in [1.29, 1.82) is 0 Å². The molecule has 34 heavy (non-hydrogen) atoms. The lowest BCUT2D eigenvalue weighted by atomic mass is 9.67. The molecule has 0 heterocycles. The fourth-order valence-corrected chi connectivity index (χ4v) is 5.50. The van der Waals surface area contributed by atoms with Crippen LogP contribution in [0.5, 0.6) is 0 Å². The number of hydrogen-bond donors (Lipinski definition) is 0. The molecule has 1 heteroatoms. The van der Waals surface area contributed by atoms with Crippen LogP contribution in [0, 0.1) is 5.92 Å². The summed E-state index contributed by atoms with van der Waals surface area (Å²) in [7, 11) is 0. The molecule has 0 radical (unpaired) electrons. The van der Waals surface area contributed by atoms with E-state index in [1.165, 1.54) is 38.6 Å². The first kappa shape index (κ1) is 20.9. The molecule has 0 aromatic heterocycles. The first-order chi connectivity index (χ1) is 16.5. The van der Waals surface area contributed by atoms with E-state index < -0.39 is 5.67 Å². The van der Waals surface area contributed by atoms with Crippen molar-refractivity contribution in [3.63, 3.8) is 0 Å². The first-order valence-corrected chi connectivity index (χ1v) is 12.0. The quantitative estimate of drug-likeness (QED) is 0.297. The molecule has 0 saturated carbocycles. The Morgan fingerprint density at radius 3 is 2.29 bits per heavy atom. The van der Waals surface area contributed by atoms with E-state index in [2.05, 4.69) is 103 Å². The molecule has 0 saturated heterocycles. The number of allylic oxidation sites excluding steroid dienone is 5. The lowest BCUT2D eigenvalue weighted by molar-refractivity contribution is 0.221. The topological polar surface area (TPSA) is 0 Å². The largest absolute Gasteiger partial charge is 0.239 e. The Morgan fingerprint density at radius 2 is 1.50 bits per heavy atom. The predicted molar refractivity (Wildman–Crippen MR) is 141 cm³/mol. The molecule has 0 nitrogen and oxygen atoms in total. The van der Waals surface area contributed by atoms with Crippen molar-refractivity contribution in [3.05, 3.63) is 143 Å². The molecule has 4 aromatic carbocycles. The van der Waals surface area contributed by atoms with Crippen LogP contribution in [-0.2, 0) is 5.67 Å². The Balaban J connectivity index is 1.48. The Morgan fingerprint density at radius 1 is 0.765 bits per heavy atom. The van der Waals surface area contributed by atoms with E-state index in [1.54, 1.807) is 13.8 Å². The summed E-state index contributed by atoms with van der Waals surface area (Å²) in [6, 6.07) is 32.2. The molecule has 0 spiro atoms. The van der Waals surface area contributed by atoms with E-state index in [9.17, 15) is 4.39 Å². The maximum Gasteiger partial charge on any atom is 0.130 e. The summed E-state index contributed by atoms with van der Waals surface area (Å²) in [5.74, 6) is 0.484. The molecule has 2 unspecified atom stereocenters. The first-order valence-electron chi connectivity index (χ1n) is 12.0. The van der Waals surface area contributed by atoms with Gasteiger partial charge in [-0.3, -0.25) is 0 Å². The smallest absolute Gasteiger partial charge is 0.130 e. The summed E-state index contributed by atoms with van der Waals surface area (Å²) in [6.45, 7) is 3.21. The van der Waals surface area contributed by atoms with E-state index in [1.807, 2.05) is 12.1 Å². The Kier molecular flexibility index (Phi) is 4.88. The van der Waals surface area contributed by atoms with Gasteiger partial charge >= 0.3 is 0 Å². The highest BCUT2D eigenvalue weighted by Gasteiger charge is 2.34. The minimum absolute atomic E-state index is 0.241. The molecule has 2 atom stereocenters. The van der Waals surface area contributed by atoms with E-state index >= 15 is 0 Å². The lowest BCUT2D eigenvalue weighted by Crippen LogP contribution is -2.21. The molecule has 0 aliphatic heterocycles. The number of hydrogen-bond acceptors (Lipinski definition) is 0. The van der Waals surface area contributed by atoms with E-state index in [-0.39, 0.29) is 11.8 Å². The normalized spacial score (nSPS) is 19.3. The Hall–Kier alpha value is -3.71. The van der Waals surface area contributed by atoms with Gasteiger partial charge < -0.3 is 0 Å². The molecule has 0 fully saturated rings. The second-order valence-electron chi connectivity index (χ2n) is 9.85. The summed E-state index contributed by atoms with van der Waals surface area (Å²) in [5, 5.41) is 2.54. The summed E-state index contributed by atoms with van der Waals surface area (Å²) >= 11 is 0. The molecular formula is C33H27F. The van der Waals surface area contributed by atoms with Gasteiger partial charge in [-0.1, -0.05) is 115 Å². The monoisotopic (exact) mass is 442 g/mol. The molecule has 2 aliphatic carbocycles. The standard InChI is InChI=1S/C33H27F/c1-33(2,34)27-18-16-23(17-19-27)28-12-7-13-30-31(28)21-25-10-5-6-11-29(25)32(30)26-15-14-22-8-3-4-9-24(22)20-26/h3-21,30,32H,1-2H3. The van der Waals surface area contributed by atoms with Crippen LogP contribution < -0.4 is 0 Å². The third-order valence-electron chi connectivity index (χ3n) is 7.27. The fourth-order valence-electron chi connectivity index (χ4n) is 5.50. The van der Waals surface area contributed by atoms with Crippen LogP contribution in [0.25, 0.3) is 22.4 Å². The van der Waals surface area contributed by atoms with Crippen LogP contribution >= 0.6 is 0 Å². The maximum atomic E-state index is 14.4. The van der Waals surface area contributed by atoms with Crippen molar-refractivity contribution in [2.24, 2.45) is 5.92 Å². The Bertz CT molecular complexity index is 1480. The van der Waals surface area contributed by atoms with Crippen LogP contribution in [0.15, 0.2) is 115 Å². The summed E-state index contributed by atoms with van der Waals surface area (Å²) < 4.78 is 14.4. The maximum absolute atomic E-state index is 14.4. The SMILES string of the molecule is CC(C)(F)c1ccc(C2=CC=CC3C2=Cc2ccccc2C3c2ccc3ccccc3c2)cc1. The minimum atomic E-state index is -1.34. The molecule has 0 amide bonds. The molecule has 4 aromatic rings. The van der Waals surface area contributed by atoms with Crippen molar-refractivity contribution in [1.82, 2.24) is 0 Å². The molecular weight excluding hydrogens is 415 g/mol. The molecule has 166 valence electrons. The molecule has 0 bridgehead atoms. The van der Waals surface area contributed by atoms with Crippen molar-refractivity contribution in [2.75, 3.05) is 0 Å². The number of rotatable bonds is 3. The zero-order chi connectivity index (χ0) is 23.3. The van der Waals surface area contributed by atoms with Crippen molar-refractivity contribution < 1.29 is 4.39 Å². The molecule has 2 aliphatic rings. The van der Waals surface area contributed by atoms with Gasteiger partial charge in [-0.25, -0.2) is 4.39 Å². The predicted octanol–water partition coefficient (Wildman–Crippen LogP) is 8.84. The highest BCUT2D eigenvalue weighted by molar-refractivity contribution is 5.90. The number of halogens is 1. The van der Waals surface area contributed by atoms with Crippen molar-refractivity contribution in [2.45, 2.75) is 25.4 Å². The van der Waals surface area contributed by atoms with Gasteiger partial charge in [0.05, 0.1) is 0 Å². The number of alkyl halides is 1. The lowest BCUT2D eigenvalue weighted by Gasteiger charge is -2.36. The second kappa shape index (κ2) is 7.95. The van der Waals surface area contributed by atoms with E-state index in [0.29, 0.717) is 5.56 Å². The summed E-state index contributed by atoms with van der Waals surface area (Å²) in [4.78, 5) is 0. The third kappa shape index (κ3) is 3.53. The van der Waals surface area contributed by atoms with E-state index in [0.717, 1.165) is 5.56 Å². The fraction of sp³-hybridized carbons (Fsp3) is 0.152. The van der Waals surface area contributed by atoms with Crippen molar-refractivity contribution >= 4 is 22.4 Å². The van der Waals surface area contributed by atoms with Gasteiger partial charge in [0.25, 0.3) is 0 Å². The Labute approximate surface area is 200 Å². The van der Waals surface area contributed by atoms with Crippen molar-refractivity contribution in [3.8, 4) is 0 Å². The summed E-state index contributed by atoms with van der Waals surface area (Å²) in [5.41, 5.74) is 7.01. The van der Waals surface area contributed by atoms with Gasteiger partial charge in [-0.05, 0) is 63.6 Å². The van der Waals surface area contributed by atoms with Crippen LogP contribution in [0.4, 0.5) is 4.39 Å². The highest BCUT2D eigenvalue weighted by atomic mass is 19.1. The van der Waals surface area contributed by atoms with Crippen LogP contribution in [0.2, 0.25) is 0 Å². The molecule has 0 N–H and O–H groups in total. The van der Waals surface area contributed by atoms with Gasteiger partial charge in [0.2, 0.25) is 0 Å². The van der Waals surface area contributed by atoms with Gasteiger partial charge in [0, 0.05) is 11.8 Å². The van der Waals surface area contributed by atoms with Gasteiger partial charge in [0.1, 0.15) is 5.67 Å². The minimum Gasteiger partial charge on any atom is -0.239 e. The zero-order valence-electron chi connectivity index (χ0n) is 19.5. The van der Waals surface area contributed by atoms with Gasteiger partial charge in [-0.15, -0.1) is 0 Å². The zero-order valence-corrected chi connectivity index (χ0v) is 19.5. The number of fused-ring (bicyclic) bond motifs is 3. The molecule has 6 rings (SSSR count). The van der Waals surface area contributed by atoms with Gasteiger partial charge in [-0.2, -0.15) is 0 Å². The average Bonchev–Trinajstić information content (AvgIpc) is 2.86.